The van der Waals surface area contributed by atoms with Gasteiger partial charge in [-0.1, -0.05) is 0 Å². The molecule has 94 valence electrons. The highest BCUT2D eigenvalue weighted by Crippen LogP contribution is 2.21. The van der Waals surface area contributed by atoms with Gasteiger partial charge in [0.1, 0.15) is 0 Å². The van der Waals surface area contributed by atoms with Crippen LogP contribution in [0, 0.1) is 6.92 Å². The number of hydrogen-bond acceptors (Lipinski definition) is 5. The number of halogens is 1. The molecular formula is C11H17ClN4O. The first-order valence-electron chi connectivity index (χ1n) is 5.82. The van der Waals surface area contributed by atoms with Gasteiger partial charge in [-0.3, -0.25) is 0 Å². The van der Waals surface area contributed by atoms with Crippen molar-refractivity contribution in [2.24, 2.45) is 0 Å². The van der Waals surface area contributed by atoms with Crippen molar-refractivity contribution >= 4 is 23.1 Å². The van der Waals surface area contributed by atoms with Crippen molar-refractivity contribution in [3.8, 4) is 0 Å². The quantitative estimate of drug-likeness (QED) is 0.810. The molecule has 0 bridgehead atoms. The van der Waals surface area contributed by atoms with Gasteiger partial charge in [-0.15, -0.1) is 0 Å². The summed E-state index contributed by atoms with van der Waals surface area (Å²) in [6.45, 7) is 3.35. The van der Waals surface area contributed by atoms with E-state index in [0.717, 1.165) is 19.4 Å². The summed E-state index contributed by atoms with van der Waals surface area (Å²) in [4.78, 5) is 8.07. The molecule has 0 spiro atoms. The van der Waals surface area contributed by atoms with E-state index in [1.807, 2.05) is 6.92 Å². The van der Waals surface area contributed by atoms with Gasteiger partial charge in [0.25, 0.3) is 0 Å². The molecule has 1 aliphatic rings. The van der Waals surface area contributed by atoms with Crippen LogP contribution in [0.2, 0.25) is 5.28 Å². The van der Waals surface area contributed by atoms with E-state index in [1.165, 1.54) is 6.42 Å². The average Bonchev–Trinajstić information content (AvgIpc) is 2.33. The lowest BCUT2D eigenvalue weighted by atomic mass is 10.1. The van der Waals surface area contributed by atoms with Crippen molar-refractivity contribution in [2.45, 2.75) is 32.3 Å². The summed E-state index contributed by atoms with van der Waals surface area (Å²) in [5.41, 5.74) is 7.12. The normalized spacial score (nSPS) is 20.2. The summed E-state index contributed by atoms with van der Waals surface area (Å²) in [7, 11) is 0. The molecule has 0 aromatic carbocycles. The summed E-state index contributed by atoms with van der Waals surface area (Å²) in [5, 5.41) is 3.39. The van der Waals surface area contributed by atoms with E-state index in [9.17, 15) is 0 Å². The minimum atomic E-state index is 0.212. The molecule has 0 saturated carbocycles. The molecule has 1 aliphatic heterocycles. The molecule has 1 fully saturated rings. The van der Waals surface area contributed by atoms with Gasteiger partial charge < -0.3 is 15.8 Å². The first-order chi connectivity index (χ1) is 8.16. The molecule has 1 unspecified atom stereocenters. The molecule has 1 aromatic rings. The Hall–Kier alpha value is -1.07. The van der Waals surface area contributed by atoms with Crippen LogP contribution in [0.25, 0.3) is 0 Å². The fraction of sp³-hybridized carbons (Fsp3) is 0.636. The minimum Gasteiger partial charge on any atom is -0.394 e. The van der Waals surface area contributed by atoms with Gasteiger partial charge in [0.2, 0.25) is 5.28 Å². The highest BCUT2D eigenvalue weighted by atomic mass is 35.5. The fourth-order valence-electron chi connectivity index (χ4n) is 1.86. The molecule has 1 saturated heterocycles. The van der Waals surface area contributed by atoms with Crippen LogP contribution in [0.4, 0.5) is 11.5 Å². The number of rotatable bonds is 3. The monoisotopic (exact) mass is 256 g/mol. The summed E-state index contributed by atoms with van der Waals surface area (Å²) >= 11 is 5.79. The van der Waals surface area contributed by atoms with Gasteiger partial charge >= 0.3 is 0 Å². The Balaban J connectivity index is 1.98. The Kier molecular flexibility index (Phi) is 4.02. The van der Waals surface area contributed by atoms with E-state index in [-0.39, 0.29) is 11.4 Å². The van der Waals surface area contributed by atoms with Gasteiger partial charge in [-0.25, -0.2) is 4.98 Å². The number of nitrogen functional groups attached to an aromatic ring is 1. The molecule has 0 aliphatic carbocycles. The Labute approximate surface area is 106 Å². The van der Waals surface area contributed by atoms with Crippen molar-refractivity contribution in [1.29, 1.82) is 0 Å². The number of aromatic nitrogens is 2. The Bertz CT molecular complexity index is 393. The van der Waals surface area contributed by atoms with Crippen LogP contribution < -0.4 is 11.1 Å². The lowest BCUT2D eigenvalue weighted by Crippen LogP contribution is -2.27. The smallest absolute Gasteiger partial charge is 0.224 e. The van der Waals surface area contributed by atoms with Crippen LogP contribution in [0.1, 0.15) is 25.0 Å². The van der Waals surface area contributed by atoms with Crippen molar-refractivity contribution in [2.75, 3.05) is 24.2 Å². The third-order valence-corrected chi connectivity index (χ3v) is 3.05. The highest BCUT2D eigenvalue weighted by Gasteiger charge is 2.15. The van der Waals surface area contributed by atoms with E-state index in [0.29, 0.717) is 23.7 Å². The van der Waals surface area contributed by atoms with Crippen molar-refractivity contribution in [3.63, 3.8) is 0 Å². The molecule has 2 heterocycles. The van der Waals surface area contributed by atoms with Gasteiger partial charge in [-0.2, -0.15) is 4.98 Å². The lowest BCUT2D eigenvalue weighted by Gasteiger charge is -2.23. The largest absolute Gasteiger partial charge is 0.394 e. The average molecular weight is 257 g/mol. The first-order valence-corrected chi connectivity index (χ1v) is 6.19. The highest BCUT2D eigenvalue weighted by molar-refractivity contribution is 6.28. The van der Waals surface area contributed by atoms with Gasteiger partial charge in [0.05, 0.1) is 17.5 Å². The number of nitrogens with two attached hydrogens (primary N) is 1. The molecule has 5 nitrogen and oxygen atoms in total. The number of aryl methyl sites for hydroxylation is 1. The summed E-state index contributed by atoms with van der Waals surface area (Å²) < 4.78 is 5.62. The second kappa shape index (κ2) is 5.51. The van der Waals surface area contributed by atoms with Crippen LogP contribution in [-0.2, 0) is 4.74 Å². The lowest BCUT2D eigenvalue weighted by molar-refractivity contribution is 0.0247. The third-order valence-electron chi connectivity index (χ3n) is 2.88. The minimum absolute atomic E-state index is 0.212. The van der Waals surface area contributed by atoms with E-state index in [4.69, 9.17) is 22.1 Å². The van der Waals surface area contributed by atoms with E-state index >= 15 is 0 Å². The summed E-state index contributed by atoms with van der Waals surface area (Å²) in [6, 6.07) is 0. The van der Waals surface area contributed by atoms with Crippen molar-refractivity contribution in [3.05, 3.63) is 11.0 Å². The molecule has 2 rings (SSSR count). The number of nitrogens with one attached hydrogen (secondary N) is 1. The molecule has 0 radical (unpaired) electrons. The summed E-state index contributed by atoms with van der Waals surface area (Å²) in [6.07, 6.45) is 3.67. The zero-order valence-corrected chi connectivity index (χ0v) is 10.6. The number of hydrogen-bond donors (Lipinski definition) is 2. The first kappa shape index (κ1) is 12.4. The topological polar surface area (TPSA) is 73.1 Å². The van der Waals surface area contributed by atoms with Gasteiger partial charge in [0, 0.05) is 13.2 Å². The van der Waals surface area contributed by atoms with Crippen LogP contribution >= 0.6 is 11.6 Å². The van der Waals surface area contributed by atoms with Crippen molar-refractivity contribution < 1.29 is 4.74 Å². The second-order valence-corrected chi connectivity index (χ2v) is 4.55. The molecule has 1 aromatic heterocycles. The van der Waals surface area contributed by atoms with Gasteiger partial charge in [0.15, 0.2) is 5.82 Å². The predicted molar refractivity (Wildman–Crippen MR) is 68.3 cm³/mol. The van der Waals surface area contributed by atoms with Gasteiger partial charge in [-0.05, 0) is 37.8 Å². The van der Waals surface area contributed by atoms with E-state index in [1.54, 1.807) is 0 Å². The molecule has 6 heteroatoms. The predicted octanol–water partition coefficient (Wildman–Crippen LogP) is 2.00. The standard InChI is InChI=1S/C11H17ClN4O/c1-7-9(13)10(16-11(12)15-7)14-6-8-4-2-3-5-17-8/h8H,2-6,13H2,1H3,(H,14,15,16). The molecular weight excluding hydrogens is 240 g/mol. The van der Waals surface area contributed by atoms with Crippen LogP contribution in [-0.4, -0.2) is 29.2 Å². The summed E-state index contributed by atoms with van der Waals surface area (Å²) in [5.74, 6) is 0.594. The van der Waals surface area contributed by atoms with E-state index in [2.05, 4.69) is 15.3 Å². The number of anilines is 2. The number of nitrogens with zero attached hydrogens (tertiary/aromatic N) is 2. The zero-order valence-electron chi connectivity index (χ0n) is 9.87. The van der Waals surface area contributed by atoms with Crippen LogP contribution in [0.5, 0.6) is 0 Å². The maximum absolute atomic E-state index is 5.88. The third kappa shape index (κ3) is 3.20. The zero-order chi connectivity index (χ0) is 12.3. The molecule has 3 N–H and O–H groups in total. The molecule has 0 amide bonds. The Morgan fingerprint density at radius 2 is 2.29 bits per heavy atom. The maximum atomic E-state index is 5.88. The SMILES string of the molecule is Cc1nc(Cl)nc(NCC2CCCCO2)c1N. The molecule has 1 atom stereocenters. The Morgan fingerprint density at radius 3 is 3.00 bits per heavy atom. The van der Waals surface area contributed by atoms with Crippen LogP contribution in [0.15, 0.2) is 0 Å². The Morgan fingerprint density at radius 1 is 1.47 bits per heavy atom. The number of ether oxygens (including phenoxy) is 1. The van der Waals surface area contributed by atoms with Crippen molar-refractivity contribution in [1.82, 2.24) is 9.97 Å². The second-order valence-electron chi connectivity index (χ2n) is 4.21. The van der Waals surface area contributed by atoms with Crippen LogP contribution in [0.3, 0.4) is 0 Å². The maximum Gasteiger partial charge on any atom is 0.224 e. The molecule has 17 heavy (non-hydrogen) atoms. The fourth-order valence-corrected chi connectivity index (χ4v) is 2.07. The van der Waals surface area contributed by atoms with E-state index < -0.39 is 0 Å².